The number of hydrogen-bond donors (Lipinski definition) is 0. The van der Waals surface area contributed by atoms with Gasteiger partial charge in [-0.25, -0.2) is 17.6 Å². The molecule has 0 saturated carbocycles. The van der Waals surface area contributed by atoms with Gasteiger partial charge in [-0.3, -0.25) is 9.69 Å². The van der Waals surface area contributed by atoms with Gasteiger partial charge in [0.05, 0.1) is 18.9 Å². The number of aromatic nitrogens is 1. The normalized spacial score (nSPS) is 15.6. The van der Waals surface area contributed by atoms with E-state index >= 15 is 0 Å². The van der Waals surface area contributed by atoms with Crippen LogP contribution in [0.1, 0.15) is 16.1 Å². The molecule has 4 rings (SSSR count). The number of methoxy groups -OCH3 is 1. The lowest BCUT2D eigenvalue weighted by Gasteiger charge is -2.33. The highest BCUT2D eigenvalue weighted by atomic mass is 32.2. The molecule has 10 heteroatoms. The van der Waals surface area contributed by atoms with Crippen LogP contribution in [0.2, 0.25) is 0 Å². The molecule has 0 radical (unpaired) electrons. The van der Waals surface area contributed by atoms with E-state index in [0.717, 1.165) is 0 Å². The number of sulfonamides is 1. The molecule has 0 bridgehead atoms. The van der Waals surface area contributed by atoms with E-state index in [-0.39, 0.29) is 47.2 Å². The summed E-state index contributed by atoms with van der Waals surface area (Å²) in [6.45, 7) is 1.51. The molecule has 1 saturated heterocycles. The number of rotatable bonds is 5. The van der Waals surface area contributed by atoms with E-state index in [0.29, 0.717) is 18.8 Å². The maximum atomic E-state index is 14.2. The SMILES string of the molecule is COC(=O)c1c(CN2CCN(S(C)(=O)=O)CC2)c(=O)c2ccc(F)cc2n1-c1ccccc1. The molecule has 1 aliphatic heterocycles. The Kier molecular flexibility index (Phi) is 6.33. The van der Waals surface area contributed by atoms with Crippen LogP contribution in [0.4, 0.5) is 4.39 Å². The number of hydrogen-bond acceptors (Lipinski definition) is 6. The third kappa shape index (κ3) is 4.54. The lowest BCUT2D eigenvalue weighted by Crippen LogP contribution is -2.48. The molecule has 2 aromatic carbocycles. The summed E-state index contributed by atoms with van der Waals surface area (Å²) in [4.78, 5) is 28.4. The highest BCUT2D eigenvalue weighted by Gasteiger charge is 2.28. The molecule has 2 heterocycles. The molecular weight excluding hydrogens is 449 g/mol. The maximum absolute atomic E-state index is 14.2. The molecule has 0 atom stereocenters. The summed E-state index contributed by atoms with van der Waals surface area (Å²) in [5, 5.41) is 0.276. The first-order valence-electron chi connectivity index (χ1n) is 10.4. The van der Waals surface area contributed by atoms with E-state index in [1.54, 1.807) is 28.8 Å². The molecule has 33 heavy (non-hydrogen) atoms. The number of carbonyl (C=O) groups excluding carboxylic acids is 1. The van der Waals surface area contributed by atoms with Gasteiger partial charge in [0.15, 0.2) is 5.43 Å². The van der Waals surface area contributed by atoms with Crippen molar-refractivity contribution in [3.63, 3.8) is 0 Å². The molecule has 0 amide bonds. The molecule has 0 aliphatic carbocycles. The minimum atomic E-state index is -3.30. The van der Waals surface area contributed by atoms with Crippen molar-refractivity contribution in [1.82, 2.24) is 13.8 Å². The van der Waals surface area contributed by atoms with E-state index in [4.69, 9.17) is 4.74 Å². The Hall–Kier alpha value is -3.08. The average Bonchev–Trinajstić information content (AvgIpc) is 2.80. The average molecular weight is 474 g/mol. The minimum absolute atomic E-state index is 0.0253. The van der Waals surface area contributed by atoms with Gasteiger partial charge >= 0.3 is 5.97 Å². The second-order valence-corrected chi connectivity index (χ2v) is 9.90. The van der Waals surface area contributed by atoms with Gasteiger partial charge in [-0.15, -0.1) is 0 Å². The largest absolute Gasteiger partial charge is 0.464 e. The van der Waals surface area contributed by atoms with Gasteiger partial charge in [-0.1, -0.05) is 18.2 Å². The van der Waals surface area contributed by atoms with E-state index in [1.807, 2.05) is 11.0 Å². The fraction of sp³-hybridized carbons (Fsp3) is 0.304. The smallest absolute Gasteiger partial charge is 0.355 e. The number of esters is 1. The Morgan fingerprint density at radius 2 is 1.73 bits per heavy atom. The molecule has 8 nitrogen and oxygen atoms in total. The van der Waals surface area contributed by atoms with Crippen LogP contribution in [0.5, 0.6) is 0 Å². The standard InChI is InChI=1S/C23H24FN3O5S/c1-32-23(29)21-19(15-25-10-12-26(13-11-25)33(2,30)31)22(28)18-9-8-16(24)14-20(18)27(21)17-6-4-3-5-7-17/h3-9,14H,10-13,15H2,1-2H3. The number of halogens is 1. The molecule has 174 valence electrons. The molecule has 0 spiro atoms. The summed E-state index contributed by atoms with van der Waals surface area (Å²) in [5.41, 5.74) is 0.701. The topological polar surface area (TPSA) is 88.9 Å². The molecule has 1 fully saturated rings. The molecule has 0 unspecified atom stereocenters. The summed E-state index contributed by atoms with van der Waals surface area (Å²) in [6, 6.07) is 12.8. The van der Waals surface area contributed by atoms with Crippen molar-refractivity contribution in [2.45, 2.75) is 6.54 Å². The zero-order valence-corrected chi connectivity index (χ0v) is 19.1. The summed E-state index contributed by atoms with van der Waals surface area (Å²) in [5.74, 6) is -1.25. The second-order valence-electron chi connectivity index (χ2n) is 7.92. The number of pyridine rings is 1. The Morgan fingerprint density at radius 3 is 2.33 bits per heavy atom. The molecule has 0 N–H and O–H groups in total. The molecule has 1 aliphatic rings. The van der Waals surface area contributed by atoms with Gasteiger partial charge in [0.2, 0.25) is 10.0 Å². The van der Waals surface area contributed by atoms with E-state index in [2.05, 4.69) is 0 Å². The summed E-state index contributed by atoms with van der Waals surface area (Å²) < 4.78 is 45.8. The highest BCUT2D eigenvalue weighted by molar-refractivity contribution is 7.88. The van der Waals surface area contributed by atoms with Crippen LogP contribution < -0.4 is 5.43 Å². The van der Waals surface area contributed by atoms with Crippen molar-refractivity contribution < 1.29 is 22.3 Å². The monoisotopic (exact) mass is 473 g/mol. The van der Waals surface area contributed by atoms with Crippen molar-refractivity contribution >= 4 is 26.9 Å². The fourth-order valence-corrected chi connectivity index (χ4v) is 4.98. The van der Waals surface area contributed by atoms with Crippen LogP contribution in [0, 0.1) is 5.82 Å². The van der Waals surface area contributed by atoms with E-state index in [9.17, 15) is 22.4 Å². The minimum Gasteiger partial charge on any atom is -0.464 e. The van der Waals surface area contributed by atoms with Gasteiger partial charge in [-0.05, 0) is 30.3 Å². The third-order valence-corrected chi connectivity index (χ3v) is 7.11. The predicted molar refractivity (Wildman–Crippen MR) is 123 cm³/mol. The molecule has 3 aromatic rings. The van der Waals surface area contributed by atoms with E-state index in [1.165, 1.54) is 35.9 Å². The number of nitrogens with zero attached hydrogens (tertiary/aromatic N) is 3. The zero-order valence-electron chi connectivity index (χ0n) is 18.3. The van der Waals surface area contributed by atoms with Crippen molar-refractivity contribution in [2.75, 3.05) is 39.5 Å². The first-order chi connectivity index (χ1) is 15.7. The maximum Gasteiger partial charge on any atom is 0.355 e. The second kappa shape index (κ2) is 9.05. The number of carbonyl (C=O) groups is 1. The number of fused-ring (bicyclic) bond motifs is 1. The Labute approximate surface area is 190 Å². The summed E-state index contributed by atoms with van der Waals surface area (Å²) in [6.07, 6.45) is 1.17. The lowest BCUT2D eigenvalue weighted by atomic mass is 10.0. The van der Waals surface area contributed by atoms with Crippen LogP contribution in [-0.2, 0) is 21.3 Å². The van der Waals surface area contributed by atoms with Crippen LogP contribution in [0.3, 0.4) is 0 Å². The summed E-state index contributed by atoms with van der Waals surface area (Å²) in [7, 11) is -2.07. The van der Waals surface area contributed by atoms with Gasteiger partial charge < -0.3 is 9.30 Å². The predicted octanol–water partition coefficient (Wildman–Crippen LogP) is 1.99. The number of para-hydroxylation sites is 1. The van der Waals surface area contributed by atoms with Crippen LogP contribution >= 0.6 is 0 Å². The summed E-state index contributed by atoms with van der Waals surface area (Å²) >= 11 is 0. The van der Waals surface area contributed by atoms with Gasteiger partial charge in [-0.2, -0.15) is 4.31 Å². The van der Waals surface area contributed by atoms with Crippen molar-refractivity contribution in [3.8, 4) is 5.69 Å². The van der Waals surface area contributed by atoms with Crippen molar-refractivity contribution in [2.24, 2.45) is 0 Å². The molecular formula is C23H24FN3O5S. The van der Waals surface area contributed by atoms with Crippen LogP contribution in [-0.4, -0.2) is 67.7 Å². The number of benzene rings is 2. The highest BCUT2D eigenvalue weighted by Crippen LogP contribution is 2.25. The zero-order chi connectivity index (χ0) is 23.8. The number of piperazine rings is 1. The van der Waals surface area contributed by atoms with Gasteiger partial charge in [0.1, 0.15) is 11.5 Å². The fourth-order valence-electron chi connectivity index (χ4n) is 4.15. The molecule has 1 aromatic heterocycles. The number of ether oxygens (including phenoxy) is 1. The quantitative estimate of drug-likeness (QED) is 0.527. The van der Waals surface area contributed by atoms with Crippen molar-refractivity contribution in [1.29, 1.82) is 0 Å². The van der Waals surface area contributed by atoms with Gasteiger partial charge in [0, 0.05) is 49.4 Å². The Bertz CT molecular complexity index is 1360. The van der Waals surface area contributed by atoms with Crippen molar-refractivity contribution in [3.05, 3.63) is 75.8 Å². The first kappa shape index (κ1) is 23.1. The van der Waals surface area contributed by atoms with Crippen LogP contribution in [0.25, 0.3) is 16.6 Å². The first-order valence-corrected chi connectivity index (χ1v) is 12.2. The van der Waals surface area contributed by atoms with Gasteiger partial charge in [0.25, 0.3) is 0 Å². The Balaban J connectivity index is 1.89. The van der Waals surface area contributed by atoms with Crippen LogP contribution in [0.15, 0.2) is 53.3 Å². The Morgan fingerprint density at radius 1 is 1.06 bits per heavy atom. The lowest BCUT2D eigenvalue weighted by molar-refractivity contribution is 0.0587. The third-order valence-electron chi connectivity index (χ3n) is 5.80. The van der Waals surface area contributed by atoms with E-state index < -0.39 is 21.8 Å².